The second kappa shape index (κ2) is 5.90. The van der Waals surface area contributed by atoms with Gasteiger partial charge < -0.3 is 10.2 Å². The third kappa shape index (κ3) is 2.70. The van der Waals surface area contributed by atoms with Crippen molar-refractivity contribution in [2.24, 2.45) is 0 Å². The monoisotopic (exact) mass is 299 g/mol. The molecule has 1 aliphatic carbocycles. The lowest BCUT2D eigenvalue weighted by Gasteiger charge is -2.36. The second-order valence-corrected chi connectivity index (χ2v) is 6.58. The Hall–Kier alpha value is -1.44. The molecule has 0 saturated heterocycles. The lowest BCUT2D eigenvalue weighted by Crippen LogP contribution is -2.45. The average molecular weight is 299 g/mol. The molecule has 0 radical (unpaired) electrons. The van der Waals surface area contributed by atoms with Gasteiger partial charge in [-0.3, -0.25) is 0 Å². The van der Waals surface area contributed by atoms with Gasteiger partial charge in [0.05, 0.1) is 17.1 Å². The third-order valence-electron chi connectivity index (χ3n) is 3.51. The van der Waals surface area contributed by atoms with Crippen molar-refractivity contribution in [3.05, 3.63) is 29.8 Å². The van der Waals surface area contributed by atoms with Crippen LogP contribution < -0.4 is 0 Å². The van der Waals surface area contributed by atoms with Crippen molar-refractivity contribution < 1.29 is 23.4 Å². The standard InChI is InChI=1S/C13H17NO5S/c15-9-8-14(10-4-3-5-10)20(18,19)12-7-2-1-6-11(12)13(16)17/h1-2,6-7,10,15H,3-5,8-9H2,(H,16,17). The zero-order chi connectivity index (χ0) is 14.8. The number of aromatic carboxylic acids is 1. The molecule has 20 heavy (non-hydrogen) atoms. The van der Waals surface area contributed by atoms with E-state index in [1.54, 1.807) is 0 Å². The summed E-state index contributed by atoms with van der Waals surface area (Å²) in [7, 11) is -3.91. The molecule has 0 aliphatic heterocycles. The van der Waals surface area contributed by atoms with Crippen molar-refractivity contribution >= 4 is 16.0 Å². The van der Waals surface area contributed by atoms with E-state index in [0.29, 0.717) is 0 Å². The van der Waals surface area contributed by atoms with Crippen LogP contribution in [-0.4, -0.2) is 48.1 Å². The number of carboxylic acids is 1. The van der Waals surface area contributed by atoms with Gasteiger partial charge in [0, 0.05) is 12.6 Å². The van der Waals surface area contributed by atoms with Crippen LogP contribution in [0.2, 0.25) is 0 Å². The van der Waals surface area contributed by atoms with Crippen LogP contribution in [0.5, 0.6) is 0 Å². The van der Waals surface area contributed by atoms with E-state index in [0.717, 1.165) is 19.3 Å². The molecule has 0 bridgehead atoms. The fourth-order valence-corrected chi connectivity index (χ4v) is 4.13. The molecule has 0 amide bonds. The normalized spacial score (nSPS) is 16.1. The summed E-state index contributed by atoms with van der Waals surface area (Å²) in [6.07, 6.45) is 2.44. The number of rotatable bonds is 6. The van der Waals surface area contributed by atoms with Crippen molar-refractivity contribution in [1.29, 1.82) is 0 Å². The quantitative estimate of drug-likeness (QED) is 0.814. The van der Waals surface area contributed by atoms with Crippen LogP contribution in [0.3, 0.4) is 0 Å². The second-order valence-electron chi connectivity index (χ2n) is 4.73. The van der Waals surface area contributed by atoms with Gasteiger partial charge in [-0.1, -0.05) is 18.6 Å². The summed E-state index contributed by atoms with van der Waals surface area (Å²) in [4.78, 5) is 11.0. The van der Waals surface area contributed by atoms with Crippen LogP contribution >= 0.6 is 0 Å². The van der Waals surface area contributed by atoms with E-state index in [9.17, 15) is 13.2 Å². The molecule has 1 fully saturated rings. The van der Waals surface area contributed by atoms with E-state index < -0.39 is 16.0 Å². The molecule has 1 aliphatic rings. The first-order valence-corrected chi connectivity index (χ1v) is 7.87. The molecule has 2 rings (SSSR count). The van der Waals surface area contributed by atoms with Crippen LogP contribution in [0, 0.1) is 0 Å². The van der Waals surface area contributed by atoms with E-state index >= 15 is 0 Å². The van der Waals surface area contributed by atoms with Gasteiger partial charge in [-0.15, -0.1) is 0 Å². The number of aliphatic hydroxyl groups excluding tert-OH is 1. The maximum Gasteiger partial charge on any atom is 0.337 e. The number of hydrogen-bond acceptors (Lipinski definition) is 4. The zero-order valence-electron chi connectivity index (χ0n) is 10.9. The molecule has 1 aromatic carbocycles. The predicted molar refractivity (Wildman–Crippen MR) is 72.0 cm³/mol. The maximum absolute atomic E-state index is 12.6. The first kappa shape index (κ1) is 15.0. The number of carboxylic acid groups (broad SMARTS) is 1. The number of aliphatic hydroxyl groups is 1. The number of nitrogens with zero attached hydrogens (tertiary/aromatic N) is 1. The lowest BCUT2D eigenvalue weighted by molar-refractivity contribution is 0.0692. The fourth-order valence-electron chi connectivity index (χ4n) is 2.27. The molecule has 110 valence electrons. The third-order valence-corrected chi connectivity index (χ3v) is 5.52. The fraction of sp³-hybridized carbons (Fsp3) is 0.462. The molecule has 0 spiro atoms. The summed E-state index contributed by atoms with van der Waals surface area (Å²) in [5, 5.41) is 18.2. The molecule has 6 nitrogen and oxygen atoms in total. The van der Waals surface area contributed by atoms with Crippen molar-refractivity contribution in [3.63, 3.8) is 0 Å². The van der Waals surface area contributed by atoms with Gasteiger partial charge in [0.25, 0.3) is 0 Å². The minimum atomic E-state index is -3.91. The van der Waals surface area contributed by atoms with Gasteiger partial charge >= 0.3 is 5.97 Å². The van der Waals surface area contributed by atoms with Crippen LogP contribution in [0.25, 0.3) is 0 Å². The van der Waals surface area contributed by atoms with E-state index in [-0.39, 0.29) is 29.7 Å². The maximum atomic E-state index is 12.6. The predicted octanol–water partition coefficient (Wildman–Crippen LogP) is 0.920. The van der Waals surface area contributed by atoms with Gasteiger partial charge in [-0.2, -0.15) is 4.31 Å². The molecular formula is C13H17NO5S. The van der Waals surface area contributed by atoms with Crippen molar-refractivity contribution in [3.8, 4) is 0 Å². The Balaban J connectivity index is 2.44. The van der Waals surface area contributed by atoms with E-state index in [1.807, 2.05) is 0 Å². The van der Waals surface area contributed by atoms with Crippen LogP contribution in [-0.2, 0) is 10.0 Å². The van der Waals surface area contributed by atoms with E-state index in [1.165, 1.54) is 28.6 Å². The Morgan fingerprint density at radius 3 is 2.45 bits per heavy atom. The molecule has 0 unspecified atom stereocenters. The van der Waals surface area contributed by atoms with E-state index in [4.69, 9.17) is 10.2 Å². The van der Waals surface area contributed by atoms with Crippen LogP contribution in [0.15, 0.2) is 29.2 Å². The van der Waals surface area contributed by atoms with Gasteiger partial charge in [0.2, 0.25) is 10.0 Å². The Morgan fingerprint density at radius 1 is 1.30 bits per heavy atom. The summed E-state index contributed by atoms with van der Waals surface area (Å²) in [5.74, 6) is -1.28. The van der Waals surface area contributed by atoms with E-state index in [2.05, 4.69) is 0 Å². The Bertz CT molecular complexity index is 595. The highest BCUT2D eigenvalue weighted by atomic mass is 32.2. The molecule has 0 heterocycles. The lowest BCUT2D eigenvalue weighted by atomic mass is 9.93. The molecule has 7 heteroatoms. The number of carbonyl (C=O) groups is 1. The Morgan fingerprint density at radius 2 is 1.95 bits per heavy atom. The highest BCUT2D eigenvalue weighted by Gasteiger charge is 2.36. The topological polar surface area (TPSA) is 94.9 Å². The molecule has 0 atom stereocenters. The molecule has 1 aromatic rings. The van der Waals surface area contributed by atoms with Gasteiger partial charge in [-0.25, -0.2) is 13.2 Å². The highest BCUT2D eigenvalue weighted by Crippen LogP contribution is 2.30. The van der Waals surface area contributed by atoms with Crippen LogP contribution in [0.1, 0.15) is 29.6 Å². The first-order chi connectivity index (χ1) is 9.48. The smallest absolute Gasteiger partial charge is 0.337 e. The highest BCUT2D eigenvalue weighted by molar-refractivity contribution is 7.89. The summed E-state index contributed by atoms with van der Waals surface area (Å²) in [6, 6.07) is 5.41. The molecule has 1 saturated carbocycles. The van der Waals surface area contributed by atoms with Crippen molar-refractivity contribution in [2.75, 3.05) is 13.2 Å². The van der Waals surface area contributed by atoms with Gasteiger partial charge in [0.1, 0.15) is 0 Å². The largest absolute Gasteiger partial charge is 0.478 e. The summed E-state index contributed by atoms with van der Waals surface area (Å²) < 4.78 is 26.5. The summed E-state index contributed by atoms with van der Waals surface area (Å²) in [5.41, 5.74) is -0.241. The minimum Gasteiger partial charge on any atom is -0.478 e. The molecule has 0 aromatic heterocycles. The minimum absolute atomic E-state index is 0.0129. The summed E-state index contributed by atoms with van der Waals surface area (Å²) in [6.45, 7) is -0.300. The Kier molecular flexibility index (Phi) is 4.42. The van der Waals surface area contributed by atoms with Gasteiger partial charge in [-0.05, 0) is 25.0 Å². The number of hydrogen-bond donors (Lipinski definition) is 2. The molecule has 2 N–H and O–H groups in total. The SMILES string of the molecule is O=C(O)c1ccccc1S(=O)(=O)N(CCO)C1CCC1. The summed E-state index contributed by atoms with van der Waals surface area (Å²) >= 11 is 0. The van der Waals surface area contributed by atoms with Crippen molar-refractivity contribution in [1.82, 2.24) is 4.31 Å². The Labute approximate surface area is 117 Å². The molecular weight excluding hydrogens is 282 g/mol. The average Bonchev–Trinajstić information content (AvgIpc) is 2.36. The first-order valence-electron chi connectivity index (χ1n) is 6.43. The van der Waals surface area contributed by atoms with Gasteiger partial charge in [0.15, 0.2) is 0 Å². The van der Waals surface area contributed by atoms with Crippen LogP contribution in [0.4, 0.5) is 0 Å². The van der Waals surface area contributed by atoms with Crippen molar-refractivity contribution in [2.45, 2.75) is 30.2 Å². The number of benzene rings is 1. The zero-order valence-corrected chi connectivity index (χ0v) is 11.7. The number of sulfonamides is 1.